The number of aliphatic hydroxyl groups excluding tert-OH is 1. The van der Waals surface area contributed by atoms with E-state index in [-0.39, 0.29) is 17.2 Å². The monoisotopic (exact) mass is 390 g/mol. The Hall–Kier alpha value is -2.08. The summed E-state index contributed by atoms with van der Waals surface area (Å²) in [5.41, 5.74) is 0.0618. The van der Waals surface area contributed by atoms with Gasteiger partial charge in [0.25, 0.3) is 0 Å². The van der Waals surface area contributed by atoms with Crippen LogP contribution in [-0.4, -0.2) is 41.4 Å². The van der Waals surface area contributed by atoms with Crippen molar-refractivity contribution >= 4 is 12.0 Å². The predicted molar refractivity (Wildman–Crippen MR) is 109 cm³/mol. The van der Waals surface area contributed by atoms with Gasteiger partial charge in [0.05, 0.1) is 6.10 Å². The molecule has 0 aromatic heterocycles. The molecule has 1 aliphatic rings. The smallest absolute Gasteiger partial charge is 0.408 e. The summed E-state index contributed by atoms with van der Waals surface area (Å²) in [7, 11) is 0. The van der Waals surface area contributed by atoms with Gasteiger partial charge in [0.2, 0.25) is 5.91 Å². The molecule has 0 saturated heterocycles. The van der Waals surface area contributed by atoms with Crippen LogP contribution in [0.5, 0.6) is 0 Å². The zero-order chi connectivity index (χ0) is 20.9. The zero-order valence-electron chi connectivity index (χ0n) is 17.6. The van der Waals surface area contributed by atoms with E-state index in [1.165, 1.54) is 0 Å². The SMILES string of the molecule is CC(C)[C@@H](O)C1(CNC(=O)[C@H](Cc2ccccc2)NC(=O)OC(C)(C)C)CC1. The first kappa shape index (κ1) is 22.2. The van der Waals surface area contributed by atoms with Crippen molar-refractivity contribution in [3.8, 4) is 0 Å². The summed E-state index contributed by atoms with van der Waals surface area (Å²) in [6.07, 6.45) is 1.10. The number of alkyl carbamates (subject to hydrolysis) is 1. The van der Waals surface area contributed by atoms with Gasteiger partial charge in [-0.2, -0.15) is 0 Å². The van der Waals surface area contributed by atoms with Crippen LogP contribution in [0.2, 0.25) is 0 Å². The van der Waals surface area contributed by atoms with E-state index in [0.29, 0.717) is 13.0 Å². The van der Waals surface area contributed by atoms with Crippen LogP contribution in [0.3, 0.4) is 0 Å². The largest absolute Gasteiger partial charge is 0.444 e. The van der Waals surface area contributed by atoms with E-state index >= 15 is 0 Å². The van der Waals surface area contributed by atoms with Gasteiger partial charge in [-0.05, 0) is 45.1 Å². The topological polar surface area (TPSA) is 87.7 Å². The molecule has 6 heteroatoms. The van der Waals surface area contributed by atoms with Crippen molar-refractivity contribution in [1.29, 1.82) is 0 Å². The summed E-state index contributed by atoms with van der Waals surface area (Å²) in [6.45, 7) is 9.71. The Labute approximate surface area is 168 Å². The van der Waals surface area contributed by atoms with E-state index < -0.39 is 23.8 Å². The summed E-state index contributed by atoms with van der Waals surface area (Å²) in [4.78, 5) is 25.1. The lowest BCUT2D eigenvalue weighted by Gasteiger charge is -2.27. The molecule has 156 valence electrons. The van der Waals surface area contributed by atoms with Crippen LogP contribution in [0.25, 0.3) is 0 Å². The molecule has 0 radical (unpaired) electrons. The van der Waals surface area contributed by atoms with Gasteiger partial charge in [-0.3, -0.25) is 4.79 Å². The van der Waals surface area contributed by atoms with Crippen molar-refractivity contribution in [2.24, 2.45) is 11.3 Å². The maximum atomic E-state index is 12.9. The number of benzene rings is 1. The Balaban J connectivity index is 2.03. The van der Waals surface area contributed by atoms with Crippen LogP contribution in [0.4, 0.5) is 4.79 Å². The first-order valence-corrected chi connectivity index (χ1v) is 10.0. The number of carbonyl (C=O) groups is 2. The minimum absolute atomic E-state index is 0.138. The van der Waals surface area contributed by atoms with Gasteiger partial charge in [0.1, 0.15) is 11.6 Å². The Bertz CT molecular complexity index is 663. The highest BCUT2D eigenvalue weighted by Crippen LogP contribution is 2.50. The Morgan fingerprint density at radius 2 is 1.79 bits per heavy atom. The highest BCUT2D eigenvalue weighted by atomic mass is 16.6. The molecule has 0 unspecified atom stereocenters. The number of rotatable bonds is 8. The van der Waals surface area contributed by atoms with Crippen LogP contribution in [0, 0.1) is 11.3 Å². The lowest BCUT2D eigenvalue weighted by atomic mass is 9.90. The fourth-order valence-electron chi connectivity index (χ4n) is 3.34. The molecular weight excluding hydrogens is 356 g/mol. The van der Waals surface area contributed by atoms with Crippen molar-refractivity contribution in [1.82, 2.24) is 10.6 Å². The maximum Gasteiger partial charge on any atom is 0.408 e. The van der Waals surface area contributed by atoms with Crippen molar-refractivity contribution < 1.29 is 19.4 Å². The van der Waals surface area contributed by atoms with Crippen molar-refractivity contribution in [2.45, 2.75) is 71.6 Å². The molecule has 1 aromatic carbocycles. The van der Waals surface area contributed by atoms with Gasteiger partial charge in [-0.15, -0.1) is 0 Å². The van der Waals surface area contributed by atoms with E-state index in [4.69, 9.17) is 4.74 Å². The number of hydrogen-bond donors (Lipinski definition) is 3. The second-order valence-electron chi connectivity index (χ2n) is 9.16. The lowest BCUT2D eigenvalue weighted by Crippen LogP contribution is -2.51. The number of carbonyl (C=O) groups excluding carboxylic acids is 2. The average Bonchev–Trinajstić information content (AvgIpc) is 3.38. The van der Waals surface area contributed by atoms with Gasteiger partial charge in [0.15, 0.2) is 0 Å². The van der Waals surface area contributed by atoms with E-state index in [1.807, 2.05) is 44.2 Å². The minimum atomic E-state index is -0.746. The number of amides is 2. The Morgan fingerprint density at radius 3 is 2.29 bits per heavy atom. The highest BCUT2D eigenvalue weighted by Gasteiger charge is 2.50. The van der Waals surface area contributed by atoms with E-state index in [2.05, 4.69) is 10.6 Å². The third-order valence-electron chi connectivity index (χ3n) is 5.06. The fourth-order valence-corrected chi connectivity index (χ4v) is 3.34. The first-order valence-electron chi connectivity index (χ1n) is 10.0. The molecule has 1 fully saturated rings. The first-order chi connectivity index (χ1) is 13.0. The quantitative estimate of drug-likeness (QED) is 0.637. The molecule has 1 aromatic rings. The van der Waals surface area contributed by atoms with Crippen molar-refractivity contribution in [3.05, 3.63) is 35.9 Å². The molecule has 0 aliphatic heterocycles. The summed E-state index contributed by atoms with van der Waals surface area (Å²) < 4.78 is 5.31. The molecule has 28 heavy (non-hydrogen) atoms. The summed E-state index contributed by atoms with van der Waals surface area (Å²) >= 11 is 0. The minimum Gasteiger partial charge on any atom is -0.444 e. The normalized spacial score (nSPS) is 17.5. The predicted octanol–water partition coefficient (Wildman–Crippen LogP) is 3.04. The van der Waals surface area contributed by atoms with E-state index in [1.54, 1.807) is 20.8 Å². The second-order valence-corrected chi connectivity index (χ2v) is 9.16. The summed E-state index contributed by atoms with van der Waals surface area (Å²) in [6, 6.07) is 8.80. The molecule has 2 atom stereocenters. The van der Waals surface area contributed by atoms with Crippen LogP contribution in [-0.2, 0) is 16.0 Å². The molecule has 0 spiro atoms. The second kappa shape index (κ2) is 8.95. The van der Waals surface area contributed by atoms with Gasteiger partial charge in [-0.1, -0.05) is 44.2 Å². The Morgan fingerprint density at radius 1 is 1.18 bits per heavy atom. The maximum absolute atomic E-state index is 12.9. The standard InChI is InChI=1S/C22H34N2O4/c1-15(2)18(25)22(11-12-22)14-23-19(26)17(13-16-9-7-6-8-10-16)24-20(27)28-21(3,4)5/h6-10,15,17-18,25H,11-14H2,1-5H3,(H,23,26)(H,24,27)/t17-,18+/m0/s1. The third-order valence-corrected chi connectivity index (χ3v) is 5.06. The van der Waals surface area contributed by atoms with Crippen molar-refractivity contribution in [2.75, 3.05) is 6.54 Å². The highest BCUT2D eigenvalue weighted by molar-refractivity contribution is 5.86. The van der Waals surface area contributed by atoms with Crippen LogP contribution in [0.15, 0.2) is 30.3 Å². The van der Waals surface area contributed by atoms with Gasteiger partial charge in [-0.25, -0.2) is 4.79 Å². The van der Waals surface area contributed by atoms with E-state index in [9.17, 15) is 14.7 Å². The molecule has 1 aliphatic carbocycles. The van der Waals surface area contributed by atoms with E-state index in [0.717, 1.165) is 18.4 Å². The molecule has 1 saturated carbocycles. The zero-order valence-corrected chi connectivity index (χ0v) is 17.6. The van der Waals surface area contributed by atoms with Gasteiger partial charge >= 0.3 is 6.09 Å². The average molecular weight is 391 g/mol. The molecule has 0 heterocycles. The molecule has 6 nitrogen and oxygen atoms in total. The molecule has 2 amide bonds. The fraction of sp³-hybridized carbons (Fsp3) is 0.636. The molecule has 3 N–H and O–H groups in total. The summed E-state index contributed by atoms with van der Waals surface area (Å²) in [5.74, 6) is -0.128. The molecule has 0 bridgehead atoms. The van der Waals surface area contributed by atoms with Gasteiger partial charge in [0, 0.05) is 18.4 Å². The number of aliphatic hydroxyl groups is 1. The van der Waals surface area contributed by atoms with Crippen LogP contribution >= 0.6 is 0 Å². The number of nitrogens with one attached hydrogen (secondary N) is 2. The lowest BCUT2D eigenvalue weighted by molar-refractivity contribution is -0.123. The van der Waals surface area contributed by atoms with Crippen LogP contribution < -0.4 is 10.6 Å². The number of ether oxygens (including phenoxy) is 1. The third kappa shape index (κ3) is 6.51. The molecule has 2 rings (SSSR count). The van der Waals surface area contributed by atoms with Gasteiger partial charge < -0.3 is 20.5 Å². The Kier molecular flexibility index (Phi) is 7.10. The summed E-state index contributed by atoms with van der Waals surface area (Å²) in [5, 5.41) is 16.1. The van der Waals surface area contributed by atoms with Crippen LogP contribution in [0.1, 0.15) is 53.0 Å². The molecular formula is C22H34N2O4. The van der Waals surface area contributed by atoms with Crippen molar-refractivity contribution in [3.63, 3.8) is 0 Å². The number of hydrogen-bond acceptors (Lipinski definition) is 4.